The molecule has 12 heteroatoms. The molecule has 0 spiro atoms. The van der Waals surface area contributed by atoms with Gasteiger partial charge in [-0.25, -0.2) is 4.68 Å². The number of benzene rings is 3. The Morgan fingerprint density at radius 1 is 1.07 bits per heavy atom. The molecule has 0 aliphatic carbocycles. The van der Waals surface area contributed by atoms with Crippen molar-refractivity contribution in [3.05, 3.63) is 81.4 Å². The van der Waals surface area contributed by atoms with Crippen LogP contribution in [0.25, 0.3) is 11.0 Å². The minimum absolute atomic E-state index is 0.0355. The van der Waals surface area contributed by atoms with Crippen molar-refractivity contribution in [2.24, 2.45) is 0 Å². The number of nitrogens with zero attached hydrogens (tertiary/aromatic N) is 4. The number of carbonyl (C=O) groups excluding carboxylic acids is 1. The summed E-state index contributed by atoms with van der Waals surface area (Å²) in [7, 11) is -4.14. The third-order valence-corrected chi connectivity index (χ3v) is 9.94. The quantitative estimate of drug-likeness (QED) is 0.169. The molecule has 1 aliphatic rings. The molecule has 1 aromatic heterocycles. The van der Waals surface area contributed by atoms with Gasteiger partial charge < -0.3 is 19.1 Å². The van der Waals surface area contributed by atoms with E-state index in [2.05, 4.69) is 10.3 Å². The Labute approximate surface area is 263 Å². The predicted octanol–water partition coefficient (Wildman–Crippen LogP) is 5.12. The monoisotopic (exact) mass is 636 g/mol. The summed E-state index contributed by atoms with van der Waals surface area (Å²) in [6.45, 7) is 10.2. The van der Waals surface area contributed by atoms with Crippen LogP contribution in [0.15, 0.2) is 42.5 Å². The fourth-order valence-corrected chi connectivity index (χ4v) is 7.51. The van der Waals surface area contributed by atoms with E-state index >= 15 is 0 Å². The molecule has 3 aromatic carbocycles. The molecule has 2 heterocycles. The average Bonchev–Trinajstić information content (AvgIpc) is 3.40. The number of aliphatic hydroxyl groups excluding tert-OH is 1. The molecule has 2 atom stereocenters. The van der Waals surface area contributed by atoms with Crippen LogP contribution in [0.2, 0.25) is 0 Å². The Balaban J connectivity index is 1.54. The molecular formula is C33H40N4O7S. The molecule has 0 radical (unpaired) electrons. The van der Waals surface area contributed by atoms with Gasteiger partial charge in [-0.2, -0.15) is 12.7 Å². The number of unbranched alkanes of at least 4 members (excludes halogenated alkanes) is 1. The predicted molar refractivity (Wildman–Crippen MR) is 169 cm³/mol. The van der Waals surface area contributed by atoms with Crippen LogP contribution in [0, 0.1) is 20.8 Å². The number of esters is 1. The lowest BCUT2D eigenvalue weighted by Gasteiger charge is -2.34. The number of fused-ring (bicyclic) bond motifs is 2. The van der Waals surface area contributed by atoms with E-state index in [1.54, 1.807) is 20.8 Å². The second kappa shape index (κ2) is 13.2. The standard InChI is InChI=1S/C33H40N4O7S/c1-6-43-31(40)18-29(27-11-12-30-32(22(27)4)34-35-36(30)13-7-8-14-38)24-10-9-20(2)28(17-24)23(5)37-19-25-16-26(39)15-21(3)33(25)44-45(37,41)42/h9-12,15-17,23,29,38-39H,6-8,13-14,18-19H2,1-5H3/t23-,29?/m1/s1. The van der Waals surface area contributed by atoms with Crippen LogP contribution in [-0.2, 0) is 32.9 Å². The van der Waals surface area contributed by atoms with E-state index in [1.165, 1.54) is 16.4 Å². The number of hydrogen-bond acceptors (Lipinski definition) is 9. The summed E-state index contributed by atoms with van der Waals surface area (Å²) < 4.78 is 40.7. The minimum Gasteiger partial charge on any atom is -0.508 e. The highest BCUT2D eigenvalue weighted by Gasteiger charge is 2.37. The van der Waals surface area contributed by atoms with E-state index in [0.29, 0.717) is 24.1 Å². The van der Waals surface area contributed by atoms with E-state index in [1.807, 2.05) is 48.9 Å². The molecule has 2 N–H and O–H groups in total. The van der Waals surface area contributed by atoms with E-state index in [9.17, 15) is 18.3 Å². The molecule has 0 saturated carbocycles. The van der Waals surface area contributed by atoms with Crippen molar-refractivity contribution in [2.45, 2.75) is 78.9 Å². The first-order chi connectivity index (χ1) is 21.4. The number of ether oxygens (including phenoxy) is 1. The molecule has 1 unspecified atom stereocenters. The zero-order valence-electron chi connectivity index (χ0n) is 26.3. The highest BCUT2D eigenvalue weighted by Crippen LogP contribution is 2.41. The van der Waals surface area contributed by atoms with E-state index in [4.69, 9.17) is 14.0 Å². The number of rotatable bonds is 11. The molecular weight excluding hydrogens is 596 g/mol. The number of carbonyl (C=O) groups is 1. The molecule has 4 aromatic rings. The Bertz CT molecular complexity index is 1840. The van der Waals surface area contributed by atoms with Crippen molar-refractivity contribution in [3.8, 4) is 11.5 Å². The third-order valence-electron chi connectivity index (χ3n) is 8.54. The number of phenolic OH excluding ortho intramolecular Hbond substituents is 1. The van der Waals surface area contributed by atoms with Gasteiger partial charge >= 0.3 is 16.3 Å². The highest BCUT2D eigenvalue weighted by atomic mass is 32.2. The van der Waals surface area contributed by atoms with Crippen molar-refractivity contribution >= 4 is 27.3 Å². The van der Waals surface area contributed by atoms with Gasteiger partial charge in [0.2, 0.25) is 0 Å². The van der Waals surface area contributed by atoms with Gasteiger partial charge in [0.05, 0.1) is 24.6 Å². The van der Waals surface area contributed by atoms with E-state index in [0.717, 1.165) is 45.3 Å². The SMILES string of the molecule is CCOC(=O)CC(c1ccc(C)c([C@@H](C)N2Cc3cc(O)cc(C)c3OS2(=O)=O)c1)c1ccc2c(nnn2CCCCO)c1C. The van der Waals surface area contributed by atoms with Crippen LogP contribution < -0.4 is 4.18 Å². The summed E-state index contributed by atoms with van der Waals surface area (Å²) in [6, 6.07) is 12.2. The molecule has 0 fully saturated rings. The molecule has 11 nitrogen and oxygen atoms in total. The van der Waals surface area contributed by atoms with Crippen molar-refractivity contribution in [1.82, 2.24) is 19.3 Å². The van der Waals surface area contributed by atoms with Gasteiger partial charge in [-0.15, -0.1) is 5.10 Å². The first kappa shape index (κ1) is 32.4. The minimum atomic E-state index is -4.14. The molecule has 45 heavy (non-hydrogen) atoms. The maximum absolute atomic E-state index is 13.4. The molecule has 240 valence electrons. The van der Waals surface area contributed by atoms with Crippen molar-refractivity contribution in [1.29, 1.82) is 0 Å². The first-order valence-electron chi connectivity index (χ1n) is 15.2. The van der Waals surface area contributed by atoms with Crippen LogP contribution in [0.4, 0.5) is 0 Å². The lowest BCUT2D eigenvalue weighted by Crippen LogP contribution is -2.40. The summed E-state index contributed by atoms with van der Waals surface area (Å²) >= 11 is 0. The average molecular weight is 637 g/mol. The van der Waals surface area contributed by atoms with Crippen molar-refractivity contribution in [2.75, 3.05) is 13.2 Å². The smallest absolute Gasteiger partial charge is 0.386 e. The molecule has 0 saturated heterocycles. The topological polar surface area (TPSA) is 144 Å². The van der Waals surface area contributed by atoms with Crippen molar-refractivity contribution in [3.63, 3.8) is 0 Å². The Morgan fingerprint density at radius 2 is 1.84 bits per heavy atom. The van der Waals surface area contributed by atoms with E-state index < -0.39 is 22.3 Å². The second-order valence-corrected chi connectivity index (χ2v) is 13.1. The lowest BCUT2D eigenvalue weighted by molar-refractivity contribution is -0.143. The fourth-order valence-electron chi connectivity index (χ4n) is 6.17. The van der Waals surface area contributed by atoms with Gasteiger partial charge in [0.15, 0.2) is 5.75 Å². The number of aromatic hydroxyl groups is 1. The fraction of sp³-hybridized carbons (Fsp3) is 0.424. The van der Waals surface area contributed by atoms with Gasteiger partial charge in [0, 0.05) is 31.2 Å². The lowest BCUT2D eigenvalue weighted by atomic mass is 9.83. The third kappa shape index (κ3) is 6.54. The van der Waals surface area contributed by atoms with Gasteiger partial charge in [-0.1, -0.05) is 29.5 Å². The number of phenols is 1. The van der Waals surface area contributed by atoms with Crippen molar-refractivity contribution < 1.29 is 32.3 Å². The van der Waals surface area contributed by atoms with Gasteiger partial charge in [-0.05, 0) is 99.0 Å². The van der Waals surface area contributed by atoms with Gasteiger partial charge in [-0.3, -0.25) is 4.79 Å². The molecule has 1 aliphatic heterocycles. The summed E-state index contributed by atoms with van der Waals surface area (Å²) in [4.78, 5) is 12.9. The van der Waals surface area contributed by atoms with Crippen LogP contribution in [0.5, 0.6) is 11.5 Å². The van der Waals surface area contributed by atoms with Crippen LogP contribution >= 0.6 is 0 Å². The summed E-state index contributed by atoms with van der Waals surface area (Å²) in [5, 5.41) is 28.1. The number of hydrogen-bond donors (Lipinski definition) is 2. The molecule has 0 amide bonds. The normalized spacial score (nSPS) is 15.8. The Morgan fingerprint density at radius 3 is 2.58 bits per heavy atom. The van der Waals surface area contributed by atoms with Gasteiger partial charge in [0.25, 0.3) is 0 Å². The summed E-state index contributed by atoms with van der Waals surface area (Å²) in [5.74, 6) is -0.454. The molecule has 0 bridgehead atoms. The Kier molecular flexibility index (Phi) is 9.47. The summed E-state index contributed by atoms with van der Waals surface area (Å²) in [5.41, 5.74) is 7.00. The zero-order valence-corrected chi connectivity index (χ0v) is 27.1. The highest BCUT2D eigenvalue weighted by molar-refractivity contribution is 7.84. The largest absolute Gasteiger partial charge is 0.508 e. The van der Waals surface area contributed by atoms with Crippen LogP contribution in [-0.4, -0.2) is 57.1 Å². The number of aryl methyl sites for hydroxylation is 4. The maximum atomic E-state index is 13.4. The number of aromatic nitrogens is 3. The maximum Gasteiger partial charge on any atom is 0.386 e. The van der Waals surface area contributed by atoms with Gasteiger partial charge in [0.1, 0.15) is 11.3 Å². The summed E-state index contributed by atoms with van der Waals surface area (Å²) in [6.07, 6.45) is 1.53. The zero-order chi connectivity index (χ0) is 32.5. The number of aliphatic hydroxyl groups is 1. The second-order valence-electron chi connectivity index (χ2n) is 11.6. The van der Waals surface area contributed by atoms with Crippen LogP contribution in [0.3, 0.4) is 0 Å². The first-order valence-corrected chi connectivity index (χ1v) is 16.5. The van der Waals surface area contributed by atoms with Crippen LogP contribution in [0.1, 0.15) is 84.0 Å². The van der Waals surface area contributed by atoms with E-state index in [-0.39, 0.29) is 43.6 Å². The Hall–Kier alpha value is -4.00. The molecule has 5 rings (SSSR count).